The topological polar surface area (TPSA) is 9.23 Å². The van der Waals surface area contributed by atoms with Crippen molar-refractivity contribution in [2.45, 2.75) is 45.9 Å². The van der Waals surface area contributed by atoms with Crippen LogP contribution in [0.3, 0.4) is 0 Å². The molecule has 0 radical (unpaired) electrons. The van der Waals surface area contributed by atoms with Gasteiger partial charge in [-0.2, -0.15) is 0 Å². The average Bonchev–Trinajstić information content (AvgIpc) is 2.10. The summed E-state index contributed by atoms with van der Waals surface area (Å²) in [5, 5.41) is 0.308. The Kier molecular flexibility index (Phi) is 7.78. The molecule has 0 rings (SSSR count). The molecule has 0 aliphatic rings. The fourth-order valence-electron chi connectivity index (χ4n) is 1.17. The second-order valence-corrected chi connectivity index (χ2v) is 4.72. The standard InChI is InChI=1S/C11H23ClO/c1-5-11(12)10(4)6-7-13-8-9(2)3/h9-11H,5-8H2,1-4H3. The van der Waals surface area contributed by atoms with E-state index in [1.54, 1.807) is 0 Å². The molecule has 1 nitrogen and oxygen atoms in total. The summed E-state index contributed by atoms with van der Waals surface area (Å²) >= 11 is 6.10. The Morgan fingerprint density at radius 2 is 1.85 bits per heavy atom. The van der Waals surface area contributed by atoms with Crippen LogP contribution in [0.2, 0.25) is 0 Å². The van der Waals surface area contributed by atoms with Gasteiger partial charge in [-0.3, -0.25) is 0 Å². The van der Waals surface area contributed by atoms with Crippen LogP contribution in [-0.2, 0) is 4.74 Å². The first-order chi connectivity index (χ1) is 6.07. The molecule has 13 heavy (non-hydrogen) atoms. The molecular formula is C11H23ClO. The molecule has 0 saturated carbocycles. The minimum absolute atomic E-state index is 0.308. The Morgan fingerprint density at radius 1 is 1.23 bits per heavy atom. The van der Waals surface area contributed by atoms with E-state index in [2.05, 4.69) is 27.7 Å². The summed E-state index contributed by atoms with van der Waals surface area (Å²) in [7, 11) is 0. The first-order valence-corrected chi connectivity index (χ1v) is 5.73. The first-order valence-electron chi connectivity index (χ1n) is 5.29. The molecule has 0 amide bonds. The highest BCUT2D eigenvalue weighted by atomic mass is 35.5. The summed E-state index contributed by atoms with van der Waals surface area (Å²) in [5.41, 5.74) is 0. The summed E-state index contributed by atoms with van der Waals surface area (Å²) in [6, 6.07) is 0. The third kappa shape index (κ3) is 7.33. The SMILES string of the molecule is CCC(Cl)C(C)CCOCC(C)C. The predicted molar refractivity (Wildman–Crippen MR) is 59.4 cm³/mol. The summed E-state index contributed by atoms with van der Waals surface area (Å²) in [6.07, 6.45) is 2.13. The maximum atomic E-state index is 6.10. The van der Waals surface area contributed by atoms with Crippen LogP contribution in [0.4, 0.5) is 0 Å². The van der Waals surface area contributed by atoms with Crippen molar-refractivity contribution in [3.8, 4) is 0 Å². The van der Waals surface area contributed by atoms with Gasteiger partial charge in [-0.1, -0.05) is 27.7 Å². The lowest BCUT2D eigenvalue weighted by Crippen LogP contribution is -2.14. The largest absolute Gasteiger partial charge is 0.381 e. The van der Waals surface area contributed by atoms with E-state index in [0.717, 1.165) is 26.1 Å². The highest BCUT2D eigenvalue weighted by Crippen LogP contribution is 2.17. The van der Waals surface area contributed by atoms with Crippen LogP contribution in [0.1, 0.15) is 40.5 Å². The molecule has 0 aliphatic heterocycles. The number of halogens is 1. The molecule has 0 aromatic carbocycles. The maximum absolute atomic E-state index is 6.10. The van der Waals surface area contributed by atoms with Gasteiger partial charge in [0.2, 0.25) is 0 Å². The van der Waals surface area contributed by atoms with Crippen molar-refractivity contribution < 1.29 is 4.74 Å². The van der Waals surface area contributed by atoms with Crippen LogP contribution in [-0.4, -0.2) is 18.6 Å². The van der Waals surface area contributed by atoms with Gasteiger partial charge < -0.3 is 4.74 Å². The van der Waals surface area contributed by atoms with Crippen LogP contribution in [0.25, 0.3) is 0 Å². The monoisotopic (exact) mass is 206 g/mol. The van der Waals surface area contributed by atoms with Gasteiger partial charge in [0.25, 0.3) is 0 Å². The smallest absolute Gasteiger partial charge is 0.0488 e. The lowest BCUT2D eigenvalue weighted by molar-refractivity contribution is 0.0988. The molecule has 0 aliphatic carbocycles. The van der Waals surface area contributed by atoms with E-state index in [9.17, 15) is 0 Å². The predicted octanol–water partition coefficient (Wildman–Crippen LogP) is 3.70. The highest BCUT2D eigenvalue weighted by molar-refractivity contribution is 6.20. The number of ether oxygens (including phenoxy) is 1. The van der Waals surface area contributed by atoms with Crippen LogP contribution < -0.4 is 0 Å². The molecule has 80 valence electrons. The van der Waals surface area contributed by atoms with E-state index in [1.807, 2.05) is 0 Å². The zero-order valence-corrected chi connectivity index (χ0v) is 10.1. The lowest BCUT2D eigenvalue weighted by atomic mass is 10.0. The first kappa shape index (κ1) is 13.2. The molecule has 0 aromatic heterocycles. The van der Waals surface area contributed by atoms with Gasteiger partial charge in [0.15, 0.2) is 0 Å². The lowest BCUT2D eigenvalue weighted by Gasteiger charge is -2.16. The summed E-state index contributed by atoms with van der Waals surface area (Å²) in [4.78, 5) is 0. The van der Waals surface area contributed by atoms with Crippen molar-refractivity contribution in [3.05, 3.63) is 0 Å². The Bertz CT molecular complexity index is 115. The van der Waals surface area contributed by atoms with Gasteiger partial charge in [-0.15, -0.1) is 11.6 Å². The Morgan fingerprint density at radius 3 is 2.31 bits per heavy atom. The fourth-order valence-corrected chi connectivity index (χ4v) is 1.30. The van der Waals surface area contributed by atoms with Crippen LogP contribution in [0.15, 0.2) is 0 Å². The molecule has 2 atom stereocenters. The van der Waals surface area contributed by atoms with Crippen LogP contribution >= 0.6 is 11.6 Å². The second-order valence-electron chi connectivity index (χ2n) is 4.16. The molecule has 0 heterocycles. The average molecular weight is 207 g/mol. The van der Waals surface area contributed by atoms with Crippen molar-refractivity contribution in [2.24, 2.45) is 11.8 Å². The fraction of sp³-hybridized carbons (Fsp3) is 1.00. The third-order valence-corrected chi connectivity index (χ3v) is 2.91. The van der Waals surface area contributed by atoms with Crippen LogP contribution in [0, 0.1) is 11.8 Å². The summed E-state index contributed by atoms with van der Waals surface area (Å²) in [5.74, 6) is 1.20. The van der Waals surface area contributed by atoms with E-state index in [1.165, 1.54) is 0 Å². The van der Waals surface area contributed by atoms with Gasteiger partial charge >= 0.3 is 0 Å². The van der Waals surface area contributed by atoms with Crippen molar-refractivity contribution in [1.82, 2.24) is 0 Å². The van der Waals surface area contributed by atoms with Crippen molar-refractivity contribution in [2.75, 3.05) is 13.2 Å². The molecule has 2 unspecified atom stereocenters. The zero-order valence-electron chi connectivity index (χ0n) is 9.35. The van der Waals surface area contributed by atoms with Crippen molar-refractivity contribution in [1.29, 1.82) is 0 Å². The van der Waals surface area contributed by atoms with E-state index < -0.39 is 0 Å². The molecular weight excluding hydrogens is 184 g/mol. The Labute approximate surface area is 87.8 Å². The van der Waals surface area contributed by atoms with E-state index in [-0.39, 0.29) is 0 Å². The van der Waals surface area contributed by atoms with Gasteiger partial charge in [0.05, 0.1) is 0 Å². The maximum Gasteiger partial charge on any atom is 0.0488 e. The van der Waals surface area contributed by atoms with E-state index in [0.29, 0.717) is 17.2 Å². The molecule has 0 saturated heterocycles. The van der Waals surface area contributed by atoms with Gasteiger partial charge in [0.1, 0.15) is 0 Å². The highest BCUT2D eigenvalue weighted by Gasteiger charge is 2.11. The van der Waals surface area contributed by atoms with Gasteiger partial charge in [-0.25, -0.2) is 0 Å². The number of hydrogen-bond donors (Lipinski definition) is 0. The molecule has 0 fully saturated rings. The molecule has 2 heteroatoms. The summed E-state index contributed by atoms with van der Waals surface area (Å²) in [6.45, 7) is 10.4. The number of alkyl halides is 1. The summed E-state index contributed by atoms with van der Waals surface area (Å²) < 4.78 is 5.50. The third-order valence-electron chi connectivity index (χ3n) is 2.18. The second kappa shape index (κ2) is 7.64. The normalized spacial score (nSPS) is 16.2. The number of hydrogen-bond acceptors (Lipinski definition) is 1. The molecule has 0 bridgehead atoms. The zero-order chi connectivity index (χ0) is 10.3. The van der Waals surface area contributed by atoms with Crippen LogP contribution in [0.5, 0.6) is 0 Å². The minimum Gasteiger partial charge on any atom is -0.381 e. The Balaban J connectivity index is 3.31. The van der Waals surface area contributed by atoms with E-state index >= 15 is 0 Å². The Hall–Kier alpha value is 0.250. The minimum atomic E-state index is 0.308. The number of rotatable bonds is 7. The molecule has 0 aromatic rings. The van der Waals surface area contributed by atoms with Gasteiger partial charge in [0, 0.05) is 18.6 Å². The quantitative estimate of drug-likeness (QED) is 0.456. The van der Waals surface area contributed by atoms with Crippen molar-refractivity contribution >= 4 is 11.6 Å². The van der Waals surface area contributed by atoms with Crippen molar-refractivity contribution in [3.63, 3.8) is 0 Å². The molecule has 0 spiro atoms. The molecule has 0 N–H and O–H groups in total. The van der Waals surface area contributed by atoms with Gasteiger partial charge in [-0.05, 0) is 24.7 Å². The van der Waals surface area contributed by atoms with E-state index in [4.69, 9.17) is 16.3 Å².